The molecule has 4 rings (SSSR count). The number of anilines is 1. The van der Waals surface area contributed by atoms with Crippen LogP contribution in [0.2, 0.25) is 0 Å². The van der Waals surface area contributed by atoms with E-state index in [0.717, 1.165) is 55.6 Å². The number of nitrogens with zero attached hydrogens (tertiary/aromatic N) is 4. The normalized spacial score (nSPS) is 23.0. The van der Waals surface area contributed by atoms with Gasteiger partial charge in [-0.3, -0.25) is 4.98 Å². The van der Waals surface area contributed by atoms with Crippen molar-refractivity contribution in [2.75, 3.05) is 31.2 Å². The molecule has 2 fully saturated rings. The fraction of sp³-hybridized carbons (Fsp3) is 0.526. The molecule has 2 saturated heterocycles. The number of piperidine rings is 1. The highest BCUT2D eigenvalue weighted by atomic mass is 16.5. The predicted molar refractivity (Wildman–Crippen MR) is 94.5 cm³/mol. The molecule has 2 aliphatic rings. The number of aromatic nitrogens is 3. The van der Waals surface area contributed by atoms with Crippen LogP contribution in [-0.2, 0) is 10.3 Å². The zero-order valence-corrected chi connectivity index (χ0v) is 14.6. The first-order valence-corrected chi connectivity index (χ1v) is 8.95. The van der Waals surface area contributed by atoms with Gasteiger partial charge in [-0.25, -0.2) is 9.97 Å². The highest BCUT2D eigenvalue weighted by Gasteiger charge is 2.35. The largest absolute Gasteiger partial charge is 0.385 e. The molecule has 0 radical (unpaired) electrons. The molecule has 0 amide bonds. The average molecular weight is 340 g/mol. The lowest BCUT2D eigenvalue weighted by molar-refractivity contribution is 0.0113. The number of pyridine rings is 1. The minimum atomic E-state index is -0.797. The van der Waals surface area contributed by atoms with Crippen molar-refractivity contribution in [3.63, 3.8) is 0 Å². The molecule has 2 aliphatic heterocycles. The number of aliphatic hydroxyl groups is 1. The van der Waals surface area contributed by atoms with E-state index in [-0.39, 0.29) is 0 Å². The van der Waals surface area contributed by atoms with Crippen LogP contribution in [0.25, 0.3) is 0 Å². The molecule has 132 valence electrons. The Morgan fingerprint density at radius 3 is 2.80 bits per heavy atom. The summed E-state index contributed by atoms with van der Waals surface area (Å²) < 4.78 is 5.50. The van der Waals surface area contributed by atoms with Gasteiger partial charge in [-0.2, -0.15) is 0 Å². The van der Waals surface area contributed by atoms with Crippen molar-refractivity contribution >= 4 is 5.82 Å². The second-order valence-corrected chi connectivity index (χ2v) is 7.02. The quantitative estimate of drug-likeness (QED) is 0.923. The summed E-state index contributed by atoms with van der Waals surface area (Å²) in [6, 6.07) is 5.93. The van der Waals surface area contributed by atoms with E-state index >= 15 is 0 Å². The molecule has 0 aliphatic carbocycles. The number of aryl methyl sites for hydroxylation is 1. The van der Waals surface area contributed by atoms with Gasteiger partial charge in [-0.05, 0) is 32.3 Å². The Labute approximate surface area is 147 Å². The Morgan fingerprint density at radius 1 is 1.28 bits per heavy atom. The first kappa shape index (κ1) is 16.4. The third kappa shape index (κ3) is 3.37. The van der Waals surface area contributed by atoms with Gasteiger partial charge >= 0.3 is 0 Å². The Balaban J connectivity index is 1.51. The molecule has 1 atom stereocenters. The molecule has 4 heterocycles. The average Bonchev–Trinajstić information content (AvgIpc) is 3.17. The van der Waals surface area contributed by atoms with E-state index in [4.69, 9.17) is 4.74 Å². The third-order valence-electron chi connectivity index (χ3n) is 5.31. The Hall–Kier alpha value is -2.05. The highest BCUT2D eigenvalue weighted by molar-refractivity contribution is 5.42. The zero-order valence-electron chi connectivity index (χ0n) is 14.6. The highest BCUT2D eigenvalue weighted by Crippen LogP contribution is 2.34. The Morgan fingerprint density at radius 2 is 2.12 bits per heavy atom. The molecule has 0 aromatic carbocycles. The minimum Gasteiger partial charge on any atom is -0.385 e. The molecular weight excluding hydrogens is 316 g/mol. The van der Waals surface area contributed by atoms with E-state index in [1.165, 1.54) is 0 Å². The van der Waals surface area contributed by atoms with Crippen LogP contribution in [-0.4, -0.2) is 46.4 Å². The summed E-state index contributed by atoms with van der Waals surface area (Å²) in [5.74, 6) is 2.13. The van der Waals surface area contributed by atoms with Crippen molar-refractivity contribution in [2.24, 2.45) is 0 Å². The fourth-order valence-electron chi connectivity index (χ4n) is 3.75. The van der Waals surface area contributed by atoms with E-state index in [9.17, 15) is 5.11 Å². The topological polar surface area (TPSA) is 71.4 Å². The maximum atomic E-state index is 11.0. The summed E-state index contributed by atoms with van der Waals surface area (Å²) >= 11 is 0. The second kappa shape index (κ2) is 6.69. The van der Waals surface area contributed by atoms with Gasteiger partial charge in [0.05, 0.1) is 17.9 Å². The molecular formula is C19H24N4O2. The summed E-state index contributed by atoms with van der Waals surface area (Å²) in [5, 5.41) is 11.0. The third-order valence-corrected chi connectivity index (χ3v) is 5.31. The van der Waals surface area contributed by atoms with Crippen molar-refractivity contribution in [2.45, 2.75) is 37.7 Å². The van der Waals surface area contributed by atoms with Crippen LogP contribution in [0.1, 0.15) is 42.3 Å². The SMILES string of the molecule is Cc1nc([C@H]2CCOC2)cc(N2CCC(O)(c3cccnc3)CC2)n1. The van der Waals surface area contributed by atoms with Gasteiger partial charge in [0.25, 0.3) is 0 Å². The maximum absolute atomic E-state index is 11.0. The summed E-state index contributed by atoms with van der Waals surface area (Å²) in [7, 11) is 0. The van der Waals surface area contributed by atoms with Crippen LogP contribution in [0.4, 0.5) is 5.82 Å². The number of rotatable bonds is 3. The van der Waals surface area contributed by atoms with E-state index in [0.29, 0.717) is 18.8 Å². The molecule has 2 aromatic rings. The van der Waals surface area contributed by atoms with Gasteiger partial charge in [0.1, 0.15) is 11.6 Å². The molecule has 6 nitrogen and oxygen atoms in total. The minimum absolute atomic E-state index is 0.373. The summed E-state index contributed by atoms with van der Waals surface area (Å²) in [5.41, 5.74) is 1.18. The smallest absolute Gasteiger partial charge is 0.132 e. The van der Waals surface area contributed by atoms with Crippen LogP contribution in [0.3, 0.4) is 0 Å². The van der Waals surface area contributed by atoms with Crippen molar-refractivity contribution in [1.82, 2.24) is 15.0 Å². The predicted octanol–water partition coefficient (Wildman–Crippen LogP) is 2.17. The van der Waals surface area contributed by atoms with Crippen molar-refractivity contribution < 1.29 is 9.84 Å². The molecule has 0 spiro atoms. The van der Waals surface area contributed by atoms with Crippen molar-refractivity contribution in [3.05, 3.63) is 47.7 Å². The fourth-order valence-corrected chi connectivity index (χ4v) is 3.75. The molecule has 0 unspecified atom stereocenters. The van der Waals surface area contributed by atoms with Crippen molar-refractivity contribution in [3.8, 4) is 0 Å². The van der Waals surface area contributed by atoms with Crippen LogP contribution in [0.15, 0.2) is 30.6 Å². The Bertz CT molecular complexity index is 723. The van der Waals surface area contributed by atoms with Crippen molar-refractivity contribution in [1.29, 1.82) is 0 Å². The van der Waals surface area contributed by atoms with Crippen LogP contribution in [0.5, 0.6) is 0 Å². The molecule has 2 aromatic heterocycles. The number of hydrogen-bond acceptors (Lipinski definition) is 6. The molecule has 25 heavy (non-hydrogen) atoms. The lowest BCUT2D eigenvalue weighted by Crippen LogP contribution is -2.43. The zero-order chi connectivity index (χ0) is 17.3. The van der Waals surface area contributed by atoms with Crippen LogP contribution < -0.4 is 4.90 Å². The van der Waals surface area contributed by atoms with Crippen LogP contribution in [0, 0.1) is 6.92 Å². The van der Waals surface area contributed by atoms with Gasteiger partial charge in [0, 0.05) is 49.6 Å². The van der Waals surface area contributed by atoms with E-state index in [1.807, 2.05) is 19.1 Å². The first-order valence-electron chi connectivity index (χ1n) is 8.95. The summed E-state index contributed by atoms with van der Waals surface area (Å²) in [6.45, 7) is 5.03. The van der Waals surface area contributed by atoms with Gasteiger partial charge in [0.15, 0.2) is 0 Å². The monoisotopic (exact) mass is 340 g/mol. The summed E-state index contributed by atoms with van der Waals surface area (Å²) in [6.07, 6.45) is 5.87. The number of hydrogen-bond donors (Lipinski definition) is 1. The molecule has 6 heteroatoms. The van der Waals surface area contributed by atoms with E-state index in [1.54, 1.807) is 12.4 Å². The maximum Gasteiger partial charge on any atom is 0.132 e. The second-order valence-electron chi connectivity index (χ2n) is 7.02. The number of ether oxygens (including phenoxy) is 1. The van der Waals surface area contributed by atoms with Crippen LogP contribution >= 0.6 is 0 Å². The van der Waals surface area contributed by atoms with Gasteiger partial charge in [-0.15, -0.1) is 0 Å². The molecule has 1 N–H and O–H groups in total. The van der Waals surface area contributed by atoms with E-state index < -0.39 is 5.60 Å². The Kier molecular flexibility index (Phi) is 4.39. The lowest BCUT2D eigenvalue weighted by atomic mass is 9.85. The molecule has 0 bridgehead atoms. The molecule has 0 saturated carbocycles. The first-order chi connectivity index (χ1) is 12.1. The van der Waals surface area contributed by atoms with Gasteiger partial charge < -0.3 is 14.7 Å². The summed E-state index contributed by atoms with van der Waals surface area (Å²) in [4.78, 5) is 15.6. The standard InChI is InChI=1S/C19H24N4O2/c1-14-21-17(15-4-10-25-13-15)11-18(22-14)23-8-5-19(24,6-9-23)16-3-2-7-20-12-16/h2-3,7,11-12,15,24H,4-6,8-10,13H2,1H3/t15-/m0/s1. The van der Waals surface area contributed by atoms with Gasteiger partial charge in [0.2, 0.25) is 0 Å². The van der Waals surface area contributed by atoms with E-state index in [2.05, 4.69) is 25.9 Å². The lowest BCUT2D eigenvalue weighted by Gasteiger charge is -2.39. The van der Waals surface area contributed by atoms with Gasteiger partial charge in [-0.1, -0.05) is 6.07 Å².